The first-order valence-corrected chi connectivity index (χ1v) is 7.27. The monoisotopic (exact) mass is 284 g/mol. The number of fused-ring (bicyclic) bond motifs is 1. The summed E-state index contributed by atoms with van der Waals surface area (Å²) in [6.45, 7) is 3.03. The maximum atomic E-state index is 12.0. The van der Waals surface area contributed by atoms with Crippen LogP contribution in [0.3, 0.4) is 0 Å². The van der Waals surface area contributed by atoms with Gasteiger partial charge in [0.1, 0.15) is 0 Å². The van der Waals surface area contributed by atoms with Gasteiger partial charge in [0.15, 0.2) is 0 Å². The maximum absolute atomic E-state index is 12.0. The van der Waals surface area contributed by atoms with Crippen LogP contribution in [0.4, 0.5) is 0 Å². The van der Waals surface area contributed by atoms with Crippen LogP contribution in [0, 0.1) is 0 Å². The maximum Gasteiger partial charge on any atom is 0.236 e. The van der Waals surface area contributed by atoms with Gasteiger partial charge in [-0.25, -0.2) is 0 Å². The van der Waals surface area contributed by atoms with Crippen molar-refractivity contribution in [2.75, 3.05) is 26.2 Å². The van der Waals surface area contributed by atoms with Crippen LogP contribution in [0.25, 0.3) is 0 Å². The van der Waals surface area contributed by atoms with E-state index >= 15 is 0 Å². The number of aliphatic hydroxyl groups is 2. The van der Waals surface area contributed by atoms with E-state index in [1.807, 2.05) is 4.90 Å². The molecule has 5 nitrogen and oxygen atoms in total. The zero-order valence-electron chi connectivity index (χ0n) is 11.1. The molecule has 0 fully saturated rings. The number of nitrogens with one attached hydrogen (secondary N) is 1. The average molecular weight is 284 g/mol. The van der Waals surface area contributed by atoms with Gasteiger partial charge in [-0.1, -0.05) is 0 Å². The number of carbonyl (C=O) groups excluding carboxylic acids is 1. The van der Waals surface area contributed by atoms with E-state index in [9.17, 15) is 9.90 Å². The van der Waals surface area contributed by atoms with Crippen LogP contribution in [0.5, 0.6) is 0 Å². The van der Waals surface area contributed by atoms with Crippen molar-refractivity contribution in [3.63, 3.8) is 0 Å². The molecule has 0 saturated heterocycles. The van der Waals surface area contributed by atoms with Crippen LogP contribution in [0.2, 0.25) is 0 Å². The Morgan fingerprint density at radius 3 is 3.16 bits per heavy atom. The number of hydrogen-bond acceptors (Lipinski definition) is 5. The number of aliphatic hydroxyl groups excluding tert-OH is 1. The number of hydrogen-bond donors (Lipinski definition) is 3. The second-order valence-electron chi connectivity index (χ2n) is 5.19. The molecule has 1 aromatic rings. The van der Waals surface area contributed by atoms with Crippen LogP contribution < -0.4 is 5.32 Å². The molecule has 3 N–H and O–H groups in total. The van der Waals surface area contributed by atoms with E-state index in [0.717, 1.165) is 13.0 Å². The Hall–Kier alpha value is -0.950. The number of amides is 1. The molecule has 1 amide bonds. The van der Waals surface area contributed by atoms with E-state index in [0.29, 0.717) is 6.54 Å². The van der Waals surface area contributed by atoms with E-state index in [-0.39, 0.29) is 25.6 Å². The minimum Gasteiger partial charge on any atom is -0.393 e. The van der Waals surface area contributed by atoms with Gasteiger partial charge >= 0.3 is 0 Å². The van der Waals surface area contributed by atoms with Gasteiger partial charge in [-0.3, -0.25) is 4.79 Å². The molecule has 1 atom stereocenters. The molecule has 1 unspecified atom stereocenters. The number of rotatable bonds is 5. The predicted molar refractivity (Wildman–Crippen MR) is 74.0 cm³/mol. The molecule has 1 aliphatic heterocycles. The highest BCUT2D eigenvalue weighted by atomic mass is 32.1. The molecule has 19 heavy (non-hydrogen) atoms. The molecule has 0 saturated carbocycles. The molecule has 0 bridgehead atoms. The molecule has 0 aliphatic carbocycles. The minimum atomic E-state index is -1.18. The zero-order chi connectivity index (χ0) is 13.9. The van der Waals surface area contributed by atoms with E-state index in [2.05, 4.69) is 16.8 Å². The quantitative estimate of drug-likeness (QED) is 0.710. The van der Waals surface area contributed by atoms with Crippen molar-refractivity contribution >= 4 is 17.2 Å². The Kier molecular flexibility index (Phi) is 4.57. The van der Waals surface area contributed by atoms with E-state index in [1.54, 1.807) is 11.3 Å². The summed E-state index contributed by atoms with van der Waals surface area (Å²) in [5.41, 5.74) is 0.0647. The highest BCUT2D eigenvalue weighted by Gasteiger charge is 2.23. The minimum absolute atomic E-state index is 0.0330. The molecule has 2 heterocycles. The lowest BCUT2D eigenvalue weighted by molar-refractivity contribution is -0.131. The number of nitrogens with zero attached hydrogens (tertiary/aromatic N) is 1. The second kappa shape index (κ2) is 6.00. The van der Waals surface area contributed by atoms with E-state index < -0.39 is 5.60 Å². The highest BCUT2D eigenvalue weighted by molar-refractivity contribution is 7.10. The van der Waals surface area contributed by atoms with Crippen LogP contribution in [-0.4, -0.2) is 52.9 Å². The topological polar surface area (TPSA) is 72.8 Å². The molecule has 0 radical (unpaired) electrons. The SMILES string of the molecule is CC(O)(CO)CNCC(=O)N1CCc2sccc2C1. The lowest BCUT2D eigenvalue weighted by atomic mass is 10.1. The van der Waals surface area contributed by atoms with Crippen molar-refractivity contribution in [2.45, 2.75) is 25.5 Å². The van der Waals surface area contributed by atoms with E-state index in [1.165, 1.54) is 17.4 Å². The van der Waals surface area contributed by atoms with Gasteiger partial charge < -0.3 is 20.4 Å². The number of thiophene rings is 1. The zero-order valence-corrected chi connectivity index (χ0v) is 11.9. The van der Waals surface area contributed by atoms with Crippen LogP contribution >= 0.6 is 11.3 Å². The lowest BCUT2D eigenvalue weighted by Crippen LogP contribution is -2.46. The third-order valence-corrected chi connectivity index (χ3v) is 4.31. The molecule has 2 rings (SSSR count). The predicted octanol–water partition coefficient (Wildman–Crippen LogP) is -0.0343. The average Bonchev–Trinajstić information content (AvgIpc) is 2.85. The Morgan fingerprint density at radius 1 is 1.63 bits per heavy atom. The second-order valence-corrected chi connectivity index (χ2v) is 6.19. The molecule has 1 aromatic heterocycles. The third kappa shape index (κ3) is 3.76. The summed E-state index contributed by atoms with van der Waals surface area (Å²) >= 11 is 1.75. The van der Waals surface area contributed by atoms with Crippen molar-refractivity contribution in [1.82, 2.24) is 10.2 Å². The molecular weight excluding hydrogens is 264 g/mol. The molecular formula is C13H20N2O3S. The Morgan fingerprint density at radius 2 is 2.42 bits per heavy atom. The summed E-state index contributed by atoms with van der Waals surface area (Å²) in [6, 6.07) is 2.07. The Bertz CT molecular complexity index is 445. The standard InChI is InChI=1S/C13H20N2O3S/c1-13(18,9-16)8-14-6-12(17)15-4-2-11-10(7-15)3-5-19-11/h3,5,14,16,18H,2,4,6-9H2,1H3. The van der Waals surface area contributed by atoms with Gasteiger partial charge in [-0.05, 0) is 30.4 Å². The normalized spacial score (nSPS) is 17.9. The molecule has 0 aromatic carbocycles. The third-order valence-electron chi connectivity index (χ3n) is 3.28. The van der Waals surface area contributed by atoms with Gasteiger partial charge in [-0.2, -0.15) is 0 Å². The highest BCUT2D eigenvalue weighted by Crippen LogP contribution is 2.23. The summed E-state index contributed by atoms with van der Waals surface area (Å²) in [5.74, 6) is 0.0330. The van der Waals surface area contributed by atoms with Gasteiger partial charge in [0.2, 0.25) is 5.91 Å². The summed E-state index contributed by atoms with van der Waals surface area (Å²) in [5, 5.41) is 23.5. The van der Waals surface area contributed by atoms with Crippen LogP contribution in [0.1, 0.15) is 17.4 Å². The first-order chi connectivity index (χ1) is 9.02. The molecule has 1 aliphatic rings. The van der Waals surface area contributed by atoms with Crippen molar-refractivity contribution in [3.8, 4) is 0 Å². The van der Waals surface area contributed by atoms with E-state index in [4.69, 9.17) is 5.11 Å². The fourth-order valence-corrected chi connectivity index (χ4v) is 2.96. The van der Waals surface area contributed by atoms with Gasteiger partial charge in [0, 0.05) is 24.5 Å². The Balaban J connectivity index is 1.79. The summed E-state index contributed by atoms with van der Waals surface area (Å²) in [7, 11) is 0. The van der Waals surface area contributed by atoms with Gasteiger partial charge in [0.05, 0.1) is 18.8 Å². The fraction of sp³-hybridized carbons (Fsp3) is 0.615. The molecule has 106 valence electrons. The van der Waals surface area contributed by atoms with Gasteiger partial charge in [-0.15, -0.1) is 11.3 Å². The summed E-state index contributed by atoms with van der Waals surface area (Å²) in [6.07, 6.45) is 0.924. The van der Waals surface area contributed by atoms with Crippen molar-refractivity contribution in [3.05, 3.63) is 21.9 Å². The molecule has 6 heteroatoms. The number of carbonyl (C=O) groups is 1. The van der Waals surface area contributed by atoms with Gasteiger partial charge in [0.25, 0.3) is 0 Å². The fourth-order valence-electron chi connectivity index (χ4n) is 2.07. The first-order valence-electron chi connectivity index (χ1n) is 6.39. The van der Waals surface area contributed by atoms with Crippen LogP contribution in [-0.2, 0) is 17.8 Å². The smallest absolute Gasteiger partial charge is 0.236 e. The molecule has 0 spiro atoms. The van der Waals surface area contributed by atoms with Crippen molar-refractivity contribution in [1.29, 1.82) is 0 Å². The first kappa shape index (κ1) is 14.5. The largest absolute Gasteiger partial charge is 0.393 e. The van der Waals surface area contributed by atoms with Crippen molar-refractivity contribution in [2.24, 2.45) is 0 Å². The van der Waals surface area contributed by atoms with Crippen molar-refractivity contribution < 1.29 is 15.0 Å². The lowest BCUT2D eigenvalue weighted by Gasteiger charge is -2.28. The summed E-state index contributed by atoms with van der Waals surface area (Å²) < 4.78 is 0. The Labute approximate surface area is 116 Å². The van der Waals surface area contributed by atoms with Crippen LogP contribution in [0.15, 0.2) is 11.4 Å². The summed E-state index contributed by atoms with van der Waals surface area (Å²) in [4.78, 5) is 15.2.